The van der Waals surface area contributed by atoms with Crippen molar-refractivity contribution in [2.75, 3.05) is 6.61 Å². The molecule has 0 heterocycles. The fourth-order valence-electron chi connectivity index (χ4n) is 1.48. The Bertz CT molecular complexity index is 600. The van der Waals surface area contributed by atoms with E-state index in [0.29, 0.717) is 0 Å². The number of carbonyl (C=O) groups excluding carboxylic acids is 1. The van der Waals surface area contributed by atoms with Crippen LogP contribution < -0.4 is 0 Å². The molecule has 166 valence electrons. The molecule has 0 aliphatic heterocycles. The highest BCUT2D eigenvalue weighted by Crippen LogP contribution is 2.58. The van der Waals surface area contributed by atoms with Crippen LogP contribution in [0.5, 0.6) is 0 Å². The van der Waals surface area contributed by atoms with Crippen molar-refractivity contribution in [3.05, 3.63) is 11.7 Å². The summed E-state index contributed by atoms with van der Waals surface area (Å²) in [6, 6.07) is 0. The Morgan fingerprint density at radius 1 is 0.786 bits per heavy atom. The van der Waals surface area contributed by atoms with E-state index in [1.165, 1.54) is 13.8 Å². The van der Waals surface area contributed by atoms with Gasteiger partial charge in [-0.15, -0.1) is 0 Å². The van der Waals surface area contributed by atoms with Gasteiger partial charge in [0.1, 0.15) is 5.57 Å². The Morgan fingerprint density at radius 2 is 1.21 bits per heavy atom. The van der Waals surface area contributed by atoms with E-state index in [0.717, 1.165) is 0 Å². The molecule has 0 amide bonds. The van der Waals surface area contributed by atoms with Crippen molar-refractivity contribution < 1.29 is 66.6 Å². The molecule has 0 saturated heterocycles. The molecule has 0 radical (unpaired) electrons. The van der Waals surface area contributed by atoms with Crippen LogP contribution in [-0.2, 0) is 9.53 Å². The summed E-state index contributed by atoms with van der Waals surface area (Å²) in [7, 11) is 0. The third kappa shape index (κ3) is 4.82. The average Bonchev–Trinajstić information content (AvgIpc) is 2.48. The quantitative estimate of drug-likeness (QED) is 0.267. The van der Waals surface area contributed by atoms with Gasteiger partial charge in [0.25, 0.3) is 6.08 Å². The topological polar surface area (TPSA) is 26.3 Å². The van der Waals surface area contributed by atoms with Crippen molar-refractivity contribution >= 4 is 5.97 Å². The molecule has 0 spiro atoms. The molecule has 15 heteroatoms. The van der Waals surface area contributed by atoms with E-state index in [4.69, 9.17) is 0 Å². The summed E-state index contributed by atoms with van der Waals surface area (Å²) in [6.07, 6.45) is -14.1. The van der Waals surface area contributed by atoms with Gasteiger partial charge in [-0.3, -0.25) is 0 Å². The van der Waals surface area contributed by atoms with E-state index >= 15 is 0 Å². The van der Waals surface area contributed by atoms with E-state index in [9.17, 15) is 61.9 Å². The zero-order valence-electron chi connectivity index (χ0n) is 13.7. The predicted octanol–water partition coefficient (Wildman–Crippen LogP) is 5.83. The monoisotopic (exact) mass is 446 g/mol. The zero-order valence-corrected chi connectivity index (χ0v) is 13.7. The average molecular weight is 446 g/mol. The van der Waals surface area contributed by atoms with E-state index in [2.05, 4.69) is 4.74 Å². The summed E-state index contributed by atoms with van der Waals surface area (Å²) in [5.41, 5.74) is -2.59. The fourth-order valence-corrected chi connectivity index (χ4v) is 1.48. The SMILES string of the molecule is CC(C)COC(=O)C(CC(F)(F)C(F)(F)C(F)(F)C(F)(F)C(F)(F)F)=C(F)F. The molecule has 0 fully saturated rings. The number of halogens is 13. The summed E-state index contributed by atoms with van der Waals surface area (Å²) in [4.78, 5) is 11.2. The molecular weight excluding hydrogens is 435 g/mol. The van der Waals surface area contributed by atoms with Crippen molar-refractivity contribution in [1.29, 1.82) is 0 Å². The molecule has 28 heavy (non-hydrogen) atoms. The van der Waals surface area contributed by atoms with Gasteiger partial charge in [0.2, 0.25) is 0 Å². The van der Waals surface area contributed by atoms with E-state index in [1.807, 2.05) is 0 Å². The van der Waals surface area contributed by atoms with Gasteiger partial charge in [0.05, 0.1) is 13.0 Å². The normalized spacial score (nSPS) is 14.3. The summed E-state index contributed by atoms with van der Waals surface area (Å²) >= 11 is 0. The molecule has 0 saturated carbocycles. The number of esters is 1. The third-order valence-corrected chi connectivity index (χ3v) is 3.03. The van der Waals surface area contributed by atoms with Crippen LogP contribution in [0.2, 0.25) is 0 Å². The summed E-state index contributed by atoms with van der Waals surface area (Å²) in [6.45, 7) is 1.94. The first-order valence-corrected chi connectivity index (χ1v) is 6.92. The summed E-state index contributed by atoms with van der Waals surface area (Å²) in [5.74, 6) is -32.5. The van der Waals surface area contributed by atoms with E-state index in [-0.39, 0.29) is 0 Å². The van der Waals surface area contributed by atoms with Crippen molar-refractivity contribution in [2.45, 2.75) is 50.1 Å². The van der Waals surface area contributed by atoms with Crippen molar-refractivity contribution in [3.63, 3.8) is 0 Å². The number of hydrogen-bond donors (Lipinski definition) is 0. The van der Waals surface area contributed by atoms with Crippen LogP contribution in [0.3, 0.4) is 0 Å². The lowest BCUT2D eigenvalue weighted by atomic mass is 9.93. The summed E-state index contributed by atoms with van der Waals surface area (Å²) < 4.78 is 170. The largest absolute Gasteiger partial charge is 0.462 e. The Kier molecular flexibility index (Phi) is 7.48. The van der Waals surface area contributed by atoms with Gasteiger partial charge in [-0.25, -0.2) is 4.79 Å². The third-order valence-electron chi connectivity index (χ3n) is 3.03. The highest BCUT2D eigenvalue weighted by atomic mass is 19.4. The number of alkyl halides is 11. The van der Waals surface area contributed by atoms with Gasteiger partial charge in [-0.2, -0.15) is 57.1 Å². The fraction of sp³-hybridized carbons (Fsp3) is 0.769. The van der Waals surface area contributed by atoms with Crippen LogP contribution >= 0.6 is 0 Å². The molecule has 0 aromatic carbocycles. The highest BCUT2D eigenvalue weighted by molar-refractivity contribution is 5.88. The van der Waals surface area contributed by atoms with Gasteiger partial charge in [-0.05, 0) is 5.92 Å². The minimum absolute atomic E-state index is 0.579. The number of hydrogen-bond acceptors (Lipinski definition) is 2. The molecular formula is C13H11F13O2. The maximum atomic E-state index is 13.5. The molecule has 0 rings (SSSR count). The van der Waals surface area contributed by atoms with Crippen molar-refractivity contribution in [1.82, 2.24) is 0 Å². The molecule has 0 aliphatic carbocycles. The smallest absolute Gasteiger partial charge is 0.460 e. The molecule has 0 atom stereocenters. The number of carbonyl (C=O) groups is 1. The van der Waals surface area contributed by atoms with Gasteiger partial charge in [-0.1, -0.05) is 13.8 Å². The van der Waals surface area contributed by atoms with Crippen LogP contribution in [0.4, 0.5) is 57.1 Å². The minimum atomic E-state index is -7.75. The Hall–Kier alpha value is -1.70. The molecule has 0 N–H and O–H groups in total. The van der Waals surface area contributed by atoms with Crippen LogP contribution in [0, 0.1) is 5.92 Å². The Labute approximate surface area is 148 Å². The predicted molar refractivity (Wildman–Crippen MR) is 65.5 cm³/mol. The van der Waals surface area contributed by atoms with E-state index < -0.39 is 66.4 Å². The highest BCUT2D eigenvalue weighted by Gasteiger charge is 2.87. The second kappa shape index (κ2) is 7.97. The van der Waals surface area contributed by atoms with Gasteiger partial charge in [0, 0.05) is 0 Å². The molecule has 0 aromatic rings. The summed E-state index contributed by atoms with van der Waals surface area (Å²) in [5, 5.41) is 0. The van der Waals surface area contributed by atoms with Gasteiger partial charge in [0.15, 0.2) is 0 Å². The first kappa shape index (κ1) is 26.3. The molecule has 0 aliphatic rings. The van der Waals surface area contributed by atoms with Crippen molar-refractivity contribution in [2.24, 2.45) is 5.92 Å². The van der Waals surface area contributed by atoms with Crippen molar-refractivity contribution in [3.8, 4) is 0 Å². The van der Waals surface area contributed by atoms with E-state index in [1.54, 1.807) is 0 Å². The molecule has 0 unspecified atom stereocenters. The Morgan fingerprint density at radius 3 is 1.54 bits per heavy atom. The number of ether oxygens (including phenoxy) is 1. The van der Waals surface area contributed by atoms with Crippen LogP contribution in [0.15, 0.2) is 11.7 Å². The molecule has 2 nitrogen and oxygen atoms in total. The van der Waals surface area contributed by atoms with Crippen LogP contribution in [0.1, 0.15) is 20.3 Å². The maximum absolute atomic E-state index is 13.5. The van der Waals surface area contributed by atoms with Crippen LogP contribution in [0.25, 0.3) is 0 Å². The lowest BCUT2D eigenvalue weighted by molar-refractivity contribution is -0.421. The zero-order chi connectivity index (χ0) is 22.9. The first-order valence-electron chi connectivity index (χ1n) is 6.92. The lowest BCUT2D eigenvalue weighted by Crippen LogP contribution is -2.66. The lowest BCUT2D eigenvalue weighted by Gasteiger charge is -2.37. The standard InChI is InChI=1S/C13H11F13O2/c1-5(2)4-28-8(27)6(7(14)15)3-9(16,17)10(18,19)11(20,21)12(22,23)13(24,25)26/h5H,3-4H2,1-2H3. The van der Waals surface area contributed by atoms with Gasteiger partial charge < -0.3 is 4.74 Å². The molecule has 0 aromatic heterocycles. The Balaban J connectivity index is 6.01. The maximum Gasteiger partial charge on any atom is 0.460 e. The second-order valence-corrected chi connectivity index (χ2v) is 5.83. The first-order chi connectivity index (χ1) is 12.1. The second-order valence-electron chi connectivity index (χ2n) is 5.83. The minimum Gasteiger partial charge on any atom is -0.462 e. The molecule has 0 bridgehead atoms. The number of rotatable bonds is 8. The van der Waals surface area contributed by atoms with Crippen LogP contribution in [-0.4, -0.2) is 42.4 Å². The van der Waals surface area contributed by atoms with Gasteiger partial charge >= 0.3 is 35.8 Å².